The molecule has 0 heterocycles. The molecule has 0 aliphatic heterocycles. The minimum absolute atomic E-state index is 0.156. The third-order valence-corrected chi connectivity index (χ3v) is 2.36. The van der Waals surface area contributed by atoms with Crippen LogP contribution in [-0.2, 0) is 11.3 Å². The first-order valence-electron chi connectivity index (χ1n) is 5.47. The fourth-order valence-electron chi connectivity index (χ4n) is 1.33. The molecular formula is C13H19NO. The lowest BCUT2D eigenvalue weighted by atomic mass is 10.1. The van der Waals surface area contributed by atoms with Gasteiger partial charge in [0, 0.05) is 25.4 Å². The van der Waals surface area contributed by atoms with Crippen molar-refractivity contribution >= 4 is 5.78 Å². The van der Waals surface area contributed by atoms with E-state index in [1.165, 1.54) is 5.56 Å². The average Bonchev–Trinajstić information content (AvgIpc) is 2.25. The summed E-state index contributed by atoms with van der Waals surface area (Å²) in [5.41, 5.74) is 1.26. The van der Waals surface area contributed by atoms with Crippen LogP contribution in [0.3, 0.4) is 0 Å². The Morgan fingerprint density at radius 1 is 1.27 bits per heavy atom. The molecule has 0 unspecified atom stereocenters. The summed E-state index contributed by atoms with van der Waals surface area (Å²) in [5, 5.41) is 3.27. The van der Waals surface area contributed by atoms with Gasteiger partial charge in [-0.3, -0.25) is 4.79 Å². The predicted octanol–water partition coefficient (Wildman–Crippen LogP) is 2.39. The Morgan fingerprint density at radius 2 is 1.93 bits per heavy atom. The molecule has 1 aromatic rings. The number of ketones is 1. The van der Waals surface area contributed by atoms with Crippen LogP contribution in [0.15, 0.2) is 30.3 Å². The molecule has 0 aliphatic rings. The van der Waals surface area contributed by atoms with Crippen LogP contribution in [0.25, 0.3) is 0 Å². The summed E-state index contributed by atoms with van der Waals surface area (Å²) in [4.78, 5) is 11.3. The standard InChI is InChI=1S/C13H19NO/c1-11(2)13(15)8-9-14-10-12-6-4-3-5-7-12/h3-7,11,14H,8-10H2,1-2H3. The highest BCUT2D eigenvalue weighted by Crippen LogP contribution is 1.99. The zero-order chi connectivity index (χ0) is 11.1. The number of carbonyl (C=O) groups excluding carboxylic acids is 1. The second-order valence-corrected chi connectivity index (χ2v) is 4.03. The molecule has 2 heteroatoms. The SMILES string of the molecule is CC(C)C(=O)CCNCc1ccccc1. The smallest absolute Gasteiger partial charge is 0.136 e. The van der Waals surface area contributed by atoms with Crippen LogP contribution in [0.5, 0.6) is 0 Å². The van der Waals surface area contributed by atoms with Gasteiger partial charge in [0.25, 0.3) is 0 Å². The van der Waals surface area contributed by atoms with Crippen LogP contribution in [0.4, 0.5) is 0 Å². The van der Waals surface area contributed by atoms with Crippen LogP contribution in [0.2, 0.25) is 0 Å². The van der Waals surface area contributed by atoms with Gasteiger partial charge in [0.1, 0.15) is 5.78 Å². The number of benzene rings is 1. The molecule has 82 valence electrons. The van der Waals surface area contributed by atoms with Crippen LogP contribution in [-0.4, -0.2) is 12.3 Å². The molecule has 0 aromatic heterocycles. The first-order chi connectivity index (χ1) is 7.20. The fourth-order valence-corrected chi connectivity index (χ4v) is 1.33. The Balaban J connectivity index is 2.15. The Morgan fingerprint density at radius 3 is 2.53 bits per heavy atom. The lowest BCUT2D eigenvalue weighted by Gasteiger charge is -2.06. The normalized spacial score (nSPS) is 10.6. The van der Waals surface area contributed by atoms with E-state index in [9.17, 15) is 4.79 Å². The number of Topliss-reactive ketones (excluding diaryl/α,β-unsaturated/α-hetero) is 1. The van der Waals surface area contributed by atoms with Gasteiger partial charge >= 0.3 is 0 Å². The summed E-state index contributed by atoms with van der Waals surface area (Å²) in [6.45, 7) is 5.50. The van der Waals surface area contributed by atoms with E-state index >= 15 is 0 Å². The maximum Gasteiger partial charge on any atom is 0.136 e. The molecule has 0 amide bonds. The first kappa shape index (κ1) is 11.9. The van der Waals surface area contributed by atoms with E-state index in [0.717, 1.165) is 13.1 Å². The molecule has 0 aliphatic carbocycles. The molecule has 0 bridgehead atoms. The van der Waals surface area contributed by atoms with Gasteiger partial charge in [-0.1, -0.05) is 44.2 Å². The van der Waals surface area contributed by atoms with Gasteiger partial charge in [-0.2, -0.15) is 0 Å². The van der Waals surface area contributed by atoms with Crippen molar-refractivity contribution in [3.63, 3.8) is 0 Å². The van der Waals surface area contributed by atoms with Gasteiger partial charge in [0.05, 0.1) is 0 Å². The second-order valence-electron chi connectivity index (χ2n) is 4.03. The van der Waals surface area contributed by atoms with E-state index in [-0.39, 0.29) is 5.92 Å². The van der Waals surface area contributed by atoms with Crippen molar-refractivity contribution in [1.29, 1.82) is 0 Å². The largest absolute Gasteiger partial charge is 0.312 e. The van der Waals surface area contributed by atoms with Crippen molar-refractivity contribution in [1.82, 2.24) is 5.32 Å². The average molecular weight is 205 g/mol. The Hall–Kier alpha value is -1.15. The van der Waals surface area contributed by atoms with Gasteiger partial charge in [-0.05, 0) is 5.56 Å². The van der Waals surface area contributed by atoms with E-state index in [0.29, 0.717) is 12.2 Å². The Bertz CT molecular complexity index is 293. The summed E-state index contributed by atoms with van der Waals surface area (Å²) < 4.78 is 0. The van der Waals surface area contributed by atoms with E-state index < -0.39 is 0 Å². The van der Waals surface area contributed by atoms with Gasteiger partial charge in [0.2, 0.25) is 0 Å². The summed E-state index contributed by atoms with van der Waals surface area (Å²) in [6, 6.07) is 10.2. The summed E-state index contributed by atoms with van der Waals surface area (Å²) in [5.74, 6) is 0.485. The van der Waals surface area contributed by atoms with E-state index in [1.54, 1.807) is 0 Å². The van der Waals surface area contributed by atoms with Crippen molar-refractivity contribution in [3.8, 4) is 0 Å². The number of rotatable bonds is 6. The molecule has 0 fully saturated rings. The zero-order valence-corrected chi connectivity index (χ0v) is 9.49. The highest BCUT2D eigenvalue weighted by molar-refractivity contribution is 5.80. The number of carbonyl (C=O) groups is 1. The molecule has 1 N–H and O–H groups in total. The van der Waals surface area contributed by atoms with Crippen LogP contribution < -0.4 is 5.32 Å². The van der Waals surface area contributed by atoms with Gasteiger partial charge in [-0.15, -0.1) is 0 Å². The predicted molar refractivity (Wildman–Crippen MR) is 62.6 cm³/mol. The van der Waals surface area contributed by atoms with Crippen LogP contribution >= 0.6 is 0 Å². The van der Waals surface area contributed by atoms with Crippen molar-refractivity contribution in [2.45, 2.75) is 26.8 Å². The van der Waals surface area contributed by atoms with Crippen molar-refractivity contribution in [2.24, 2.45) is 5.92 Å². The first-order valence-corrected chi connectivity index (χ1v) is 5.47. The molecule has 0 saturated heterocycles. The summed E-state index contributed by atoms with van der Waals surface area (Å²) in [6.07, 6.45) is 0.629. The molecule has 1 aromatic carbocycles. The Labute approximate surface area is 91.7 Å². The quantitative estimate of drug-likeness (QED) is 0.722. The van der Waals surface area contributed by atoms with Crippen molar-refractivity contribution in [2.75, 3.05) is 6.54 Å². The highest BCUT2D eigenvalue weighted by atomic mass is 16.1. The minimum atomic E-state index is 0.156. The molecule has 2 nitrogen and oxygen atoms in total. The summed E-state index contributed by atoms with van der Waals surface area (Å²) in [7, 11) is 0. The van der Waals surface area contributed by atoms with Crippen LogP contribution in [0.1, 0.15) is 25.8 Å². The fraction of sp³-hybridized carbons (Fsp3) is 0.462. The summed E-state index contributed by atoms with van der Waals surface area (Å²) >= 11 is 0. The number of hydrogen-bond acceptors (Lipinski definition) is 2. The minimum Gasteiger partial charge on any atom is -0.312 e. The molecule has 0 radical (unpaired) electrons. The molecule has 0 spiro atoms. The third-order valence-electron chi connectivity index (χ3n) is 2.36. The van der Waals surface area contributed by atoms with Gasteiger partial charge in [-0.25, -0.2) is 0 Å². The van der Waals surface area contributed by atoms with Crippen molar-refractivity contribution in [3.05, 3.63) is 35.9 Å². The van der Waals surface area contributed by atoms with Crippen molar-refractivity contribution < 1.29 is 4.79 Å². The molecule has 0 saturated carbocycles. The topological polar surface area (TPSA) is 29.1 Å². The Kier molecular flexibility index (Phi) is 5.05. The second kappa shape index (κ2) is 6.36. The number of hydrogen-bond donors (Lipinski definition) is 1. The number of nitrogens with one attached hydrogen (secondary N) is 1. The maximum atomic E-state index is 11.3. The molecule has 15 heavy (non-hydrogen) atoms. The van der Waals surface area contributed by atoms with Gasteiger partial charge in [0.15, 0.2) is 0 Å². The molecule has 0 atom stereocenters. The van der Waals surface area contributed by atoms with E-state index in [1.807, 2.05) is 32.0 Å². The maximum absolute atomic E-state index is 11.3. The van der Waals surface area contributed by atoms with E-state index in [4.69, 9.17) is 0 Å². The highest BCUT2D eigenvalue weighted by Gasteiger charge is 2.05. The lowest BCUT2D eigenvalue weighted by Crippen LogP contribution is -2.19. The van der Waals surface area contributed by atoms with Crippen LogP contribution in [0, 0.1) is 5.92 Å². The van der Waals surface area contributed by atoms with Gasteiger partial charge < -0.3 is 5.32 Å². The monoisotopic (exact) mass is 205 g/mol. The van der Waals surface area contributed by atoms with E-state index in [2.05, 4.69) is 17.4 Å². The zero-order valence-electron chi connectivity index (χ0n) is 9.49. The third kappa shape index (κ3) is 4.75. The molecule has 1 rings (SSSR count). The lowest BCUT2D eigenvalue weighted by molar-refractivity contribution is -0.121. The molecular weight excluding hydrogens is 186 g/mol.